The fourth-order valence-corrected chi connectivity index (χ4v) is 4.18. The van der Waals surface area contributed by atoms with Gasteiger partial charge in [0.15, 0.2) is 0 Å². The fourth-order valence-electron chi connectivity index (χ4n) is 3.34. The van der Waals surface area contributed by atoms with E-state index in [0.29, 0.717) is 34.4 Å². The van der Waals surface area contributed by atoms with Gasteiger partial charge in [-0.3, -0.25) is 9.59 Å². The molecule has 0 bridgehead atoms. The molecule has 6 nitrogen and oxygen atoms in total. The maximum absolute atomic E-state index is 13.1. The van der Waals surface area contributed by atoms with Gasteiger partial charge < -0.3 is 14.2 Å². The molecule has 3 aromatic rings. The number of anilines is 1. The van der Waals surface area contributed by atoms with Gasteiger partial charge in [-0.05, 0) is 60.2 Å². The third-order valence-corrected chi connectivity index (χ3v) is 5.97. The quantitative estimate of drug-likeness (QED) is 0.412. The molecule has 0 radical (unpaired) electrons. The number of hydrogen-bond donors (Lipinski definition) is 0. The minimum absolute atomic E-state index is 0.327. The number of rotatable bonds is 7. The number of thioether (sulfide) groups is 1. The number of carbonyl (C=O) groups excluding carboxylic acids is 2. The summed E-state index contributed by atoms with van der Waals surface area (Å²) in [7, 11) is 3.02. The Kier molecular flexibility index (Phi) is 6.70. The molecule has 0 aliphatic carbocycles. The van der Waals surface area contributed by atoms with E-state index in [1.807, 2.05) is 55.5 Å². The molecule has 0 saturated carbocycles. The van der Waals surface area contributed by atoms with Gasteiger partial charge in [-0.15, -0.1) is 0 Å². The third kappa shape index (κ3) is 5.04. The number of nitrogens with zero attached hydrogens (tertiary/aromatic N) is 1. The van der Waals surface area contributed by atoms with E-state index in [4.69, 9.17) is 14.2 Å². The second-order valence-corrected chi connectivity index (χ2v) is 8.39. The molecule has 3 aromatic carbocycles. The van der Waals surface area contributed by atoms with Crippen molar-refractivity contribution < 1.29 is 23.8 Å². The molecule has 1 saturated heterocycles. The van der Waals surface area contributed by atoms with Crippen molar-refractivity contribution in [1.82, 2.24) is 0 Å². The second kappa shape index (κ2) is 9.83. The van der Waals surface area contributed by atoms with Crippen LogP contribution in [0.1, 0.15) is 16.7 Å². The maximum Gasteiger partial charge on any atom is 0.298 e. The molecular formula is C26H23NO5S. The zero-order valence-electron chi connectivity index (χ0n) is 18.5. The molecule has 0 atom stereocenters. The van der Waals surface area contributed by atoms with Crippen molar-refractivity contribution in [1.29, 1.82) is 0 Å². The van der Waals surface area contributed by atoms with Gasteiger partial charge in [-0.1, -0.05) is 42.0 Å². The topological polar surface area (TPSA) is 65.1 Å². The molecule has 1 aliphatic rings. The molecule has 0 aromatic heterocycles. The second-order valence-electron chi connectivity index (χ2n) is 7.40. The lowest BCUT2D eigenvalue weighted by Crippen LogP contribution is -2.28. The Morgan fingerprint density at radius 1 is 0.909 bits per heavy atom. The van der Waals surface area contributed by atoms with E-state index in [1.54, 1.807) is 24.3 Å². The van der Waals surface area contributed by atoms with Crippen LogP contribution in [0.25, 0.3) is 6.08 Å². The Morgan fingerprint density at radius 3 is 2.42 bits per heavy atom. The van der Waals surface area contributed by atoms with Crippen LogP contribution in [0, 0.1) is 6.92 Å². The summed E-state index contributed by atoms with van der Waals surface area (Å²) in [6.45, 7) is 2.48. The Bertz CT molecular complexity index is 1220. The molecule has 4 rings (SSSR count). The summed E-state index contributed by atoms with van der Waals surface area (Å²) in [6.07, 6.45) is 1.69. The number of methoxy groups -OCH3 is 2. The van der Waals surface area contributed by atoms with Crippen molar-refractivity contribution in [3.05, 3.63) is 88.3 Å². The summed E-state index contributed by atoms with van der Waals surface area (Å²) in [5, 5.41) is -0.388. The molecule has 33 heavy (non-hydrogen) atoms. The van der Waals surface area contributed by atoms with E-state index in [2.05, 4.69) is 0 Å². The van der Waals surface area contributed by atoms with E-state index in [0.717, 1.165) is 27.8 Å². The van der Waals surface area contributed by atoms with Crippen LogP contribution in [-0.4, -0.2) is 25.4 Å². The Labute approximate surface area is 196 Å². The van der Waals surface area contributed by atoms with E-state index < -0.39 is 5.91 Å². The van der Waals surface area contributed by atoms with Gasteiger partial charge in [0.1, 0.15) is 23.9 Å². The lowest BCUT2D eigenvalue weighted by Gasteiger charge is -2.17. The van der Waals surface area contributed by atoms with Gasteiger partial charge in [0, 0.05) is 6.07 Å². The molecule has 1 heterocycles. The highest BCUT2D eigenvalue weighted by atomic mass is 32.2. The minimum atomic E-state index is -0.403. The number of aryl methyl sites for hydroxylation is 1. The average Bonchev–Trinajstić information content (AvgIpc) is 3.10. The van der Waals surface area contributed by atoms with E-state index in [9.17, 15) is 9.59 Å². The van der Waals surface area contributed by atoms with E-state index in [-0.39, 0.29) is 5.24 Å². The van der Waals surface area contributed by atoms with Crippen LogP contribution in [0.2, 0.25) is 0 Å². The zero-order valence-corrected chi connectivity index (χ0v) is 19.3. The smallest absolute Gasteiger partial charge is 0.298 e. The SMILES string of the molecule is COc1ccc(N2C(=O)S/C(=C\c3cccc(OCc4ccc(C)cc4)c3)C2=O)c(OC)c1. The highest BCUT2D eigenvalue weighted by molar-refractivity contribution is 8.19. The summed E-state index contributed by atoms with van der Waals surface area (Å²) in [5.74, 6) is 1.23. The van der Waals surface area contributed by atoms with Crippen LogP contribution < -0.4 is 19.1 Å². The summed E-state index contributed by atoms with van der Waals surface area (Å²) >= 11 is 0.889. The van der Waals surface area contributed by atoms with Crippen molar-refractivity contribution in [3.63, 3.8) is 0 Å². The normalized spacial score (nSPS) is 14.6. The number of hydrogen-bond acceptors (Lipinski definition) is 6. The summed E-state index contributed by atoms with van der Waals surface area (Å²) < 4.78 is 16.5. The first-order chi connectivity index (χ1) is 16.0. The third-order valence-electron chi connectivity index (χ3n) is 5.10. The van der Waals surface area contributed by atoms with Crippen LogP contribution in [0.5, 0.6) is 17.2 Å². The van der Waals surface area contributed by atoms with Crippen molar-refractivity contribution in [2.24, 2.45) is 0 Å². The largest absolute Gasteiger partial charge is 0.497 e. The first-order valence-corrected chi connectivity index (χ1v) is 11.1. The summed E-state index contributed by atoms with van der Waals surface area (Å²) in [4.78, 5) is 27.2. The number of carbonyl (C=O) groups is 2. The van der Waals surface area contributed by atoms with E-state index >= 15 is 0 Å². The molecule has 2 amide bonds. The molecule has 168 valence electrons. The lowest BCUT2D eigenvalue weighted by atomic mass is 10.1. The number of benzene rings is 3. The van der Waals surface area contributed by atoms with Crippen LogP contribution in [0.15, 0.2) is 71.6 Å². The molecule has 0 spiro atoms. The van der Waals surface area contributed by atoms with Crippen LogP contribution in [0.4, 0.5) is 10.5 Å². The predicted octanol–water partition coefficient (Wildman–Crippen LogP) is 5.83. The van der Waals surface area contributed by atoms with Gasteiger partial charge in [0.05, 0.1) is 24.8 Å². The van der Waals surface area contributed by atoms with Crippen LogP contribution >= 0.6 is 11.8 Å². The van der Waals surface area contributed by atoms with Gasteiger partial charge in [0.2, 0.25) is 0 Å². The predicted molar refractivity (Wildman–Crippen MR) is 130 cm³/mol. The molecular weight excluding hydrogens is 438 g/mol. The monoisotopic (exact) mass is 461 g/mol. The molecule has 1 aliphatic heterocycles. The average molecular weight is 462 g/mol. The molecule has 0 unspecified atom stereocenters. The van der Waals surface area contributed by atoms with Gasteiger partial charge in [-0.2, -0.15) is 0 Å². The fraction of sp³-hybridized carbons (Fsp3) is 0.154. The van der Waals surface area contributed by atoms with Gasteiger partial charge in [0.25, 0.3) is 11.1 Å². The highest BCUT2D eigenvalue weighted by Crippen LogP contribution is 2.41. The molecule has 7 heteroatoms. The highest BCUT2D eigenvalue weighted by Gasteiger charge is 2.37. The maximum atomic E-state index is 13.1. The van der Waals surface area contributed by atoms with Crippen LogP contribution in [-0.2, 0) is 11.4 Å². The standard InChI is InChI=1S/C26H23NO5S/c1-17-7-9-18(10-8-17)16-32-21-6-4-5-19(13-21)14-24-25(28)27(26(29)33-24)22-12-11-20(30-2)15-23(22)31-3/h4-15H,16H2,1-3H3/b24-14-. The first kappa shape index (κ1) is 22.5. The van der Waals surface area contributed by atoms with Gasteiger partial charge >= 0.3 is 0 Å². The zero-order chi connectivity index (χ0) is 23.4. The molecule has 1 fully saturated rings. The molecule has 0 N–H and O–H groups in total. The summed E-state index contributed by atoms with van der Waals surface area (Å²) in [5.41, 5.74) is 3.41. The Hall–Kier alpha value is -3.71. The van der Waals surface area contributed by atoms with Crippen molar-refractivity contribution in [2.45, 2.75) is 13.5 Å². The Balaban J connectivity index is 1.53. The number of amides is 2. The van der Waals surface area contributed by atoms with Gasteiger partial charge in [-0.25, -0.2) is 4.90 Å². The van der Waals surface area contributed by atoms with Crippen molar-refractivity contribution in [2.75, 3.05) is 19.1 Å². The van der Waals surface area contributed by atoms with Crippen LogP contribution in [0.3, 0.4) is 0 Å². The van der Waals surface area contributed by atoms with Crippen molar-refractivity contribution in [3.8, 4) is 17.2 Å². The minimum Gasteiger partial charge on any atom is -0.497 e. The van der Waals surface area contributed by atoms with Crippen molar-refractivity contribution >= 4 is 34.7 Å². The number of ether oxygens (including phenoxy) is 3. The summed E-state index contributed by atoms with van der Waals surface area (Å²) in [6, 6.07) is 20.5. The van der Waals surface area contributed by atoms with E-state index in [1.165, 1.54) is 19.8 Å². The lowest BCUT2D eigenvalue weighted by molar-refractivity contribution is -0.113. The Morgan fingerprint density at radius 2 is 1.70 bits per heavy atom. The first-order valence-electron chi connectivity index (χ1n) is 10.3. The number of imide groups is 1.